The number of benzene rings is 2. The molecule has 1 aromatic heterocycles. The lowest BCUT2D eigenvalue weighted by Gasteiger charge is -2.28. The predicted octanol–water partition coefficient (Wildman–Crippen LogP) is 3.83. The summed E-state index contributed by atoms with van der Waals surface area (Å²) in [5, 5.41) is 0.979. The van der Waals surface area contributed by atoms with Crippen molar-refractivity contribution < 1.29 is 12.8 Å². The van der Waals surface area contributed by atoms with Gasteiger partial charge in [0.2, 0.25) is 0 Å². The lowest BCUT2D eigenvalue weighted by atomic mass is 9.89. The van der Waals surface area contributed by atoms with Crippen LogP contribution in [0.25, 0.3) is 10.9 Å². The molecular weight excluding hydrogens is 351 g/mol. The maximum Gasteiger partial charge on any atom is 0.268 e. The number of para-hydroxylation sites is 1. The van der Waals surface area contributed by atoms with Gasteiger partial charge in [-0.1, -0.05) is 18.2 Å². The third-order valence-electron chi connectivity index (χ3n) is 5.24. The second-order valence-corrected chi connectivity index (χ2v) is 8.75. The summed E-state index contributed by atoms with van der Waals surface area (Å²) in [4.78, 5) is 2.39. The Balaban J connectivity index is 1.84. The standard InChI is InChI=1S/C20H21FN2O2S/c1-22-12-10-15(11-13-22)19-14-23(20-5-3-2-4-18(19)20)26(24,25)17-8-6-16(21)7-9-17/h2-9,14-15H,10-13H2,1H3. The number of fused-ring (bicyclic) bond motifs is 1. The molecule has 2 heterocycles. The van der Waals surface area contributed by atoms with E-state index in [4.69, 9.17) is 0 Å². The minimum Gasteiger partial charge on any atom is -0.306 e. The Morgan fingerprint density at radius 1 is 1.00 bits per heavy atom. The van der Waals surface area contributed by atoms with Crippen molar-refractivity contribution >= 4 is 20.9 Å². The SMILES string of the molecule is CN1CCC(c2cn(S(=O)(=O)c3ccc(F)cc3)c3ccccc23)CC1. The summed E-state index contributed by atoms with van der Waals surface area (Å²) in [6.45, 7) is 2.02. The first-order chi connectivity index (χ1) is 12.5. The van der Waals surface area contributed by atoms with E-state index in [-0.39, 0.29) is 4.90 Å². The third-order valence-corrected chi connectivity index (χ3v) is 6.93. The molecule has 3 aromatic rings. The Morgan fingerprint density at radius 2 is 1.65 bits per heavy atom. The molecule has 1 aliphatic rings. The number of likely N-dealkylation sites (tertiary alicyclic amines) is 1. The van der Waals surface area contributed by atoms with Crippen LogP contribution >= 0.6 is 0 Å². The molecule has 136 valence electrons. The Labute approximate surface area is 152 Å². The minimum absolute atomic E-state index is 0.0922. The van der Waals surface area contributed by atoms with Gasteiger partial charge in [-0.15, -0.1) is 0 Å². The average Bonchev–Trinajstić information content (AvgIpc) is 3.03. The van der Waals surface area contributed by atoms with Crippen molar-refractivity contribution in [2.45, 2.75) is 23.7 Å². The summed E-state index contributed by atoms with van der Waals surface area (Å²) >= 11 is 0. The van der Waals surface area contributed by atoms with E-state index in [9.17, 15) is 12.8 Å². The molecular formula is C20H21FN2O2S. The van der Waals surface area contributed by atoms with Gasteiger partial charge in [-0.2, -0.15) is 0 Å². The topological polar surface area (TPSA) is 42.3 Å². The van der Waals surface area contributed by atoms with Crippen LogP contribution in [0.3, 0.4) is 0 Å². The van der Waals surface area contributed by atoms with Crippen LogP contribution in [0.5, 0.6) is 0 Å². The van der Waals surface area contributed by atoms with Gasteiger partial charge in [0.15, 0.2) is 0 Å². The van der Waals surface area contributed by atoms with Gasteiger partial charge in [-0.25, -0.2) is 16.8 Å². The van der Waals surface area contributed by atoms with Crippen LogP contribution in [0.15, 0.2) is 59.6 Å². The lowest BCUT2D eigenvalue weighted by Crippen LogP contribution is -2.29. The van der Waals surface area contributed by atoms with Crippen molar-refractivity contribution in [1.82, 2.24) is 8.87 Å². The molecule has 6 heteroatoms. The zero-order valence-electron chi connectivity index (χ0n) is 14.6. The molecule has 0 saturated carbocycles. The third kappa shape index (κ3) is 2.93. The summed E-state index contributed by atoms with van der Waals surface area (Å²) in [5.41, 5.74) is 1.75. The fourth-order valence-corrected chi connectivity index (χ4v) is 5.12. The fourth-order valence-electron chi connectivity index (χ4n) is 3.74. The van der Waals surface area contributed by atoms with Crippen LogP contribution in [0.4, 0.5) is 4.39 Å². The molecule has 0 amide bonds. The summed E-state index contributed by atoms with van der Waals surface area (Å²) in [5.74, 6) is -0.103. The van der Waals surface area contributed by atoms with Crippen LogP contribution in [-0.4, -0.2) is 37.4 Å². The summed E-state index contributed by atoms with van der Waals surface area (Å²) in [6, 6.07) is 12.6. The second-order valence-electron chi connectivity index (χ2n) is 6.93. The number of rotatable bonds is 3. The van der Waals surface area contributed by atoms with Gasteiger partial charge in [0.05, 0.1) is 10.4 Å². The molecule has 1 aliphatic heterocycles. The number of halogens is 1. The molecule has 0 bridgehead atoms. The molecule has 26 heavy (non-hydrogen) atoms. The molecule has 0 unspecified atom stereocenters. The van der Waals surface area contributed by atoms with Crippen molar-refractivity contribution in [3.8, 4) is 0 Å². The average molecular weight is 372 g/mol. The molecule has 0 aliphatic carbocycles. The number of nitrogens with zero attached hydrogens (tertiary/aromatic N) is 2. The zero-order chi connectivity index (χ0) is 18.3. The molecule has 0 atom stereocenters. The second kappa shape index (κ2) is 6.52. The Kier molecular flexibility index (Phi) is 4.32. The Morgan fingerprint density at radius 3 is 2.35 bits per heavy atom. The van der Waals surface area contributed by atoms with Gasteiger partial charge < -0.3 is 4.90 Å². The van der Waals surface area contributed by atoms with Gasteiger partial charge in [0, 0.05) is 11.6 Å². The van der Waals surface area contributed by atoms with Crippen LogP contribution < -0.4 is 0 Å². The van der Waals surface area contributed by atoms with Crippen molar-refractivity contribution in [2.75, 3.05) is 20.1 Å². The minimum atomic E-state index is -3.77. The van der Waals surface area contributed by atoms with Crippen LogP contribution in [0.2, 0.25) is 0 Å². The maximum atomic E-state index is 13.2. The first-order valence-corrected chi connectivity index (χ1v) is 10.2. The fraction of sp³-hybridized carbons (Fsp3) is 0.300. The number of piperidine rings is 1. The molecule has 2 aromatic carbocycles. The first kappa shape index (κ1) is 17.2. The smallest absolute Gasteiger partial charge is 0.268 e. The lowest BCUT2D eigenvalue weighted by molar-refractivity contribution is 0.256. The van der Waals surface area contributed by atoms with E-state index in [2.05, 4.69) is 11.9 Å². The molecule has 0 N–H and O–H groups in total. The van der Waals surface area contributed by atoms with Crippen molar-refractivity contribution in [3.63, 3.8) is 0 Å². The van der Waals surface area contributed by atoms with Crippen molar-refractivity contribution in [2.24, 2.45) is 0 Å². The highest BCUT2D eigenvalue weighted by atomic mass is 32.2. The van der Waals surface area contributed by atoms with Crippen LogP contribution in [0.1, 0.15) is 24.3 Å². The first-order valence-electron chi connectivity index (χ1n) is 8.76. The van der Waals surface area contributed by atoms with Gasteiger partial charge in [-0.05, 0) is 74.8 Å². The molecule has 4 rings (SSSR count). The van der Waals surface area contributed by atoms with E-state index >= 15 is 0 Å². The van der Waals surface area contributed by atoms with Gasteiger partial charge >= 0.3 is 0 Å². The quantitative estimate of drug-likeness (QED) is 0.702. The number of hydrogen-bond donors (Lipinski definition) is 0. The normalized spacial score (nSPS) is 17.0. The van der Waals surface area contributed by atoms with E-state index in [1.54, 1.807) is 6.20 Å². The van der Waals surface area contributed by atoms with Gasteiger partial charge in [0.25, 0.3) is 10.0 Å². The van der Waals surface area contributed by atoms with E-state index in [0.717, 1.165) is 36.9 Å². The highest BCUT2D eigenvalue weighted by Crippen LogP contribution is 2.35. The molecule has 0 spiro atoms. The summed E-state index contributed by atoms with van der Waals surface area (Å²) < 4.78 is 40.8. The highest BCUT2D eigenvalue weighted by Gasteiger charge is 2.26. The number of hydrogen-bond acceptors (Lipinski definition) is 3. The largest absolute Gasteiger partial charge is 0.306 e. The molecule has 4 nitrogen and oxygen atoms in total. The van der Waals surface area contributed by atoms with E-state index in [0.29, 0.717) is 11.4 Å². The predicted molar refractivity (Wildman–Crippen MR) is 100 cm³/mol. The van der Waals surface area contributed by atoms with Gasteiger partial charge in [0.1, 0.15) is 5.82 Å². The summed E-state index contributed by atoms with van der Waals surface area (Å²) in [7, 11) is -1.66. The van der Waals surface area contributed by atoms with E-state index in [1.807, 2.05) is 24.3 Å². The van der Waals surface area contributed by atoms with E-state index < -0.39 is 15.8 Å². The highest BCUT2D eigenvalue weighted by molar-refractivity contribution is 7.90. The monoisotopic (exact) mass is 372 g/mol. The molecule has 1 fully saturated rings. The van der Waals surface area contributed by atoms with Gasteiger partial charge in [-0.3, -0.25) is 0 Å². The molecule has 1 saturated heterocycles. The Hall–Kier alpha value is -2.18. The van der Waals surface area contributed by atoms with E-state index in [1.165, 1.54) is 28.2 Å². The van der Waals surface area contributed by atoms with Crippen LogP contribution in [-0.2, 0) is 10.0 Å². The summed E-state index contributed by atoms with van der Waals surface area (Å²) in [6.07, 6.45) is 3.79. The van der Waals surface area contributed by atoms with Crippen molar-refractivity contribution in [3.05, 3.63) is 66.1 Å². The van der Waals surface area contributed by atoms with Crippen molar-refractivity contribution in [1.29, 1.82) is 0 Å². The Bertz CT molecular complexity index is 1030. The zero-order valence-corrected chi connectivity index (χ0v) is 15.4. The molecule has 0 radical (unpaired) electrons. The maximum absolute atomic E-state index is 13.2. The number of aromatic nitrogens is 1. The van der Waals surface area contributed by atoms with Crippen LogP contribution in [0, 0.1) is 5.82 Å².